The van der Waals surface area contributed by atoms with E-state index in [0.717, 1.165) is 37.1 Å². The van der Waals surface area contributed by atoms with Gasteiger partial charge in [0, 0.05) is 12.2 Å². The Morgan fingerprint density at radius 1 is 1.23 bits per heavy atom. The largest absolute Gasteiger partial charge is 0.494 e. The number of nitrogens with zero attached hydrogens (tertiary/aromatic N) is 5. The molecule has 1 saturated heterocycles. The Morgan fingerprint density at radius 3 is 2.77 bits per heavy atom. The summed E-state index contributed by atoms with van der Waals surface area (Å²) in [5, 5.41) is 14.1. The van der Waals surface area contributed by atoms with Crippen LogP contribution < -0.4 is 10.1 Å². The molecule has 156 valence electrons. The van der Waals surface area contributed by atoms with Crippen molar-refractivity contribution in [2.45, 2.75) is 31.8 Å². The molecule has 3 aromatic rings. The van der Waals surface area contributed by atoms with Crippen molar-refractivity contribution in [3.8, 4) is 11.4 Å². The summed E-state index contributed by atoms with van der Waals surface area (Å²) in [4.78, 5) is 15.1. The van der Waals surface area contributed by atoms with Crippen molar-refractivity contribution >= 4 is 11.6 Å². The molecular weight excluding hydrogens is 387 g/mol. The first-order valence-electron chi connectivity index (χ1n) is 9.85. The first kappa shape index (κ1) is 20.0. The molecule has 1 aromatic heterocycles. The Bertz CT molecular complexity index is 993. The molecule has 0 radical (unpaired) electrons. The van der Waals surface area contributed by atoms with Gasteiger partial charge in [-0.15, -0.1) is 5.10 Å². The number of carbonyl (C=O) groups excluding carboxylic acids is 1. The van der Waals surface area contributed by atoms with E-state index in [9.17, 15) is 9.18 Å². The maximum absolute atomic E-state index is 14.0. The first-order valence-corrected chi connectivity index (χ1v) is 9.85. The number of methoxy groups -OCH3 is 1. The van der Waals surface area contributed by atoms with Gasteiger partial charge in [-0.2, -0.15) is 0 Å². The number of aromatic nitrogens is 4. The van der Waals surface area contributed by atoms with Crippen molar-refractivity contribution in [2.24, 2.45) is 0 Å². The number of hydrogen-bond donors (Lipinski definition) is 1. The van der Waals surface area contributed by atoms with Crippen molar-refractivity contribution in [2.75, 3.05) is 19.0 Å². The minimum atomic E-state index is -0.393. The summed E-state index contributed by atoms with van der Waals surface area (Å²) in [6.45, 7) is 1.31. The van der Waals surface area contributed by atoms with Crippen molar-refractivity contribution < 1.29 is 13.9 Å². The molecule has 0 saturated carbocycles. The number of tetrazole rings is 1. The van der Waals surface area contributed by atoms with E-state index in [1.165, 1.54) is 19.5 Å². The number of benzene rings is 2. The molecule has 1 fully saturated rings. The van der Waals surface area contributed by atoms with Crippen LogP contribution in [0.15, 0.2) is 48.8 Å². The van der Waals surface area contributed by atoms with E-state index in [0.29, 0.717) is 12.2 Å². The van der Waals surface area contributed by atoms with E-state index in [1.54, 1.807) is 10.7 Å². The summed E-state index contributed by atoms with van der Waals surface area (Å²) in [6, 6.07) is 12.0. The van der Waals surface area contributed by atoms with Crippen LogP contribution in [0.3, 0.4) is 0 Å². The first-order chi connectivity index (χ1) is 14.6. The van der Waals surface area contributed by atoms with Gasteiger partial charge in [-0.1, -0.05) is 12.5 Å². The van der Waals surface area contributed by atoms with Crippen LogP contribution in [0.4, 0.5) is 10.1 Å². The minimum absolute atomic E-state index is 0.0566. The number of rotatable bonds is 6. The number of halogens is 1. The lowest BCUT2D eigenvalue weighted by atomic mass is 10.00. The third kappa shape index (κ3) is 4.46. The lowest BCUT2D eigenvalue weighted by molar-refractivity contribution is -0.122. The van der Waals surface area contributed by atoms with Gasteiger partial charge in [-0.25, -0.2) is 9.07 Å². The summed E-state index contributed by atoms with van der Waals surface area (Å²) >= 11 is 0. The molecule has 30 heavy (non-hydrogen) atoms. The smallest absolute Gasteiger partial charge is 0.241 e. The second-order valence-electron chi connectivity index (χ2n) is 7.24. The van der Waals surface area contributed by atoms with E-state index >= 15 is 0 Å². The fourth-order valence-corrected chi connectivity index (χ4v) is 3.72. The topological polar surface area (TPSA) is 85.2 Å². The molecule has 1 unspecified atom stereocenters. The average molecular weight is 410 g/mol. The van der Waals surface area contributed by atoms with Crippen LogP contribution >= 0.6 is 0 Å². The van der Waals surface area contributed by atoms with Crippen molar-refractivity contribution in [3.05, 3.63) is 60.2 Å². The molecule has 2 heterocycles. The Labute approximate surface area is 173 Å². The lowest BCUT2D eigenvalue weighted by Crippen LogP contribution is -2.46. The Kier molecular flexibility index (Phi) is 5.99. The van der Waals surface area contributed by atoms with Crippen LogP contribution in [0.2, 0.25) is 0 Å². The second kappa shape index (κ2) is 9.00. The summed E-state index contributed by atoms with van der Waals surface area (Å²) < 4.78 is 20.6. The summed E-state index contributed by atoms with van der Waals surface area (Å²) in [6.07, 6.45) is 4.29. The third-order valence-electron chi connectivity index (χ3n) is 5.27. The minimum Gasteiger partial charge on any atom is -0.494 e. The number of nitrogens with one attached hydrogen (secondary N) is 1. The molecule has 0 spiro atoms. The van der Waals surface area contributed by atoms with Crippen molar-refractivity contribution in [1.29, 1.82) is 0 Å². The number of ether oxygens (including phenoxy) is 1. The van der Waals surface area contributed by atoms with Gasteiger partial charge in [0.05, 0.1) is 18.8 Å². The van der Waals surface area contributed by atoms with Crippen LogP contribution in [0.1, 0.15) is 24.8 Å². The predicted octanol–water partition coefficient (Wildman–Crippen LogP) is 2.80. The summed E-state index contributed by atoms with van der Waals surface area (Å²) in [5.41, 5.74) is 2.33. The quantitative estimate of drug-likeness (QED) is 0.673. The van der Waals surface area contributed by atoms with E-state index in [-0.39, 0.29) is 17.7 Å². The highest BCUT2D eigenvalue weighted by atomic mass is 19.1. The van der Waals surface area contributed by atoms with Gasteiger partial charge < -0.3 is 10.1 Å². The van der Waals surface area contributed by atoms with Crippen LogP contribution in [0.25, 0.3) is 5.69 Å². The van der Waals surface area contributed by atoms with E-state index < -0.39 is 5.82 Å². The predicted molar refractivity (Wildman–Crippen MR) is 109 cm³/mol. The number of carbonyl (C=O) groups is 1. The van der Waals surface area contributed by atoms with Crippen LogP contribution in [-0.2, 0) is 11.3 Å². The highest BCUT2D eigenvalue weighted by Crippen LogP contribution is 2.24. The molecule has 4 rings (SSSR count). The summed E-state index contributed by atoms with van der Waals surface area (Å²) in [7, 11) is 1.44. The monoisotopic (exact) mass is 410 g/mol. The van der Waals surface area contributed by atoms with Gasteiger partial charge in [0.25, 0.3) is 0 Å². The molecule has 0 aliphatic carbocycles. The molecule has 2 aromatic carbocycles. The molecule has 1 atom stereocenters. The number of piperidine rings is 1. The Balaban J connectivity index is 1.43. The number of hydrogen-bond acceptors (Lipinski definition) is 6. The Hall–Kier alpha value is -3.33. The zero-order valence-electron chi connectivity index (χ0n) is 16.7. The third-order valence-corrected chi connectivity index (χ3v) is 5.27. The molecule has 0 bridgehead atoms. The molecule has 1 aliphatic rings. The fraction of sp³-hybridized carbons (Fsp3) is 0.333. The highest BCUT2D eigenvalue weighted by Gasteiger charge is 2.29. The molecule has 1 N–H and O–H groups in total. The van der Waals surface area contributed by atoms with Gasteiger partial charge in [-0.05, 0) is 71.8 Å². The van der Waals surface area contributed by atoms with E-state index in [1.807, 2.05) is 30.3 Å². The van der Waals surface area contributed by atoms with Gasteiger partial charge in [0.15, 0.2) is 11.6 Å². The molecule has 9 heteroatoms. The normalized spacial score (nSPS) is 16.9. The van der Waals surface area contributed by atoms with Crippen LogP contribution in [0, 0.1) is 5.82 Å². The standard InChI is InChI=1S/C21H23FN6O2/c1-30-20-10-5-15(12-18(20)22)13-27-11-3-2-4-19(27)21(29)24-16-6-8-17(9-7-16)28-14-23-25-26-28/h5-10,12,14,19H,2-4,11,13H2,1H3,(H,24,29). The zero-order chi connectivity index (χ0) is 20.9. The summed E-state index contributed by atoms with van der Waals surface area (Å²) in [5.74, 6) is -0.230. The maximum Gasteiger partial charge on any atom is 0.241 e. The number of amides is 1. The van der Waals surface area contributed by atoms with E-state index in [4.69, 9.17) is 4.74 Å². The van der Waals surface area contributed by atoms with Crippen LogP contribution in [0.5, 0.6) is 5.75 Å². The number of likely N-dealkylation sites (tertiary alicyclic amines) is 1. The van der Waals surface area contributed by atoms with E-state index in [2.05, 4.69) is 25.7 Å². The highest BCUT2D eigenvalue weighted by molar-refractivity contribution is 5.95. The SMILES string of the molecule is COc1ccc(CN2CCCCC2C(=O)Nc2ccc(-n3cnnn3)cc2)cc1F. The lowest BCUT2D eigenvalue weighted by Gasteiger charge is -2.34. The Morgan fingerprint density at radius 2 is 2.07 bits per heavy atom. The molecule has 1 aliphatic heterocycles. The van der Waals surface area contributed by atoms with Gasteiger partial charge in [0.2, 0.25) is 5.91 Å². The molecule has 1 amide bonds. The van der Waals surface area contributed by atoms with Gasteiger partial charge in [-0.3, -0.25) is 9.69 Å². The van der Waals surface area contributed by atoms with Crippen LogP contribution in [-0.4, -0.2) is 50.7 Å². The van der Waals surface area contributed by atoms with Crippen molar-refractivity contribution in [3.63, 3.8) is 0 Å². The zero-order valence-corrected chi connectivity index (χ0v) is 16.7. The number of anilines is 1. The second-order valence-corrected chi connectivity index (χ2v) is 7.24. The molecular formula is C21H23FN6O2. The molecule has 8 nitrogen and oxygen atoms in total. The van der Waals surface area contributed by atoms with Gasteiger partial charge >= 0.3 is 0 Å². The maximum atomic E-state index is 14.0. The van der Waals surface area contributed by atoms with Gasteiger partial charge in [0.1, 0.15) is 6.33 Å². The van der Waals surface area contributed by atoms with Crippen molar-refractivity contribution in [1.82, 2.24) is 25.1 Å². The average Bonchev–Trinajstić information content (AvgIpc) is 3.30. The fourth-order valence-electron chi connectivity index (χ4n) is 3.72.